The summed E-state index contributed by atoms with van der Waals surface area (Å²) in [6, 6.07) is 0.836. The lowest BCUT2D eigenvalue weighted by molar-refractivity contribution is -0.141. The van der Waals surface area contributed by atoms with E-state index in [1.54, 1.807) is 0 Å². The van der Waals surface area contributed by atoms with Gasteiger partial charge in [0.05, 0.1) is 18.1 Å². The standard InChI is InChI=1S/C22H31F3N2O4S/c1-4-21(9-7-16(8-10-21)32(29,30)12-15-5-6-15)13-26-19(28)18-14(2)11-17(22(23,24)25)27-20(18)31-3/h11,15-16H,4-10,12-13H2,1-3H3,(H,26,28). The zero-order valence-electron chi connectivity index (χ0n) is 18.7. The molecule has 0 aliphatic heterocycles. The van der Waals surface area contributed by atoms with Crippen molar-refractivity contribution in [1.29, 1.82) is 0 Å². The van der Waals surface area contributed by atoms with Gasteiger partial charge < -0.3 is 10.1 Å². The second-order valence-corrected chi connectivity index (χ2v) is 11.5. The zero-order chi connectivity index (χ0) is 23.7. The van der Waals surface area contributed by atoms with Crippen molar-refractivity contribution in [2.45, 2.75) is 70.2 Å². The number of rotatable bonds is 8. The maximum Gasteiger partial charge on any atom is 0.433 e. The molecule has 6 nitrogen and oxygen atoms in total. The average Bonchev–Trinajstić information content (AvgIpc) is 3.54. The van der Waals surface area contributed by atoms with Crippen molar-refractivity contribution in [1.82, 2.24) is 10.3 Å². The number of hydrogen-bond acceptors (Lipinski definition) is 5. The van der Waals surface area contributed by atoms with Crippen LogP contribution in [-0.2, 0) is 16.0 Å². The first-order chi connectivity index (χ1) is 14.9. The van der Waals surface area contributed by atoms with Crippen LogP contribution in [0.15, 0.2) is 6.07 Å². The summed E-state index contributed by atoms with van der Waals surface area (Å²) >= 11 is 0. The van der Waals surface area contributed by atoms with Crippen LogP contribution in [0.4, 0.5) is 13.2 Å². The molecule has 2 aliphatic rings. The molecule has 180 valence electrons. The first-order valence-corrected chi connectivity index (χ1v) is 12.7. The highest BCUT2D eigenvalue weighted by Gasteiger charge is 2.41. The Morgan fingerprint density at radius 1 is 1.25 bits per heavy atom. The van der Waals surface area contributed by atoms with E-state index in [1.807, 2.05) is 6.92 Å². The fraction of sp³-hybridized carbons (Fsp3) is 0.727. The van der Waals surface area contributed by atoms with Gasteiger partial charge in [-0.3, -0.25) is 4.79 Å². The van der Waals surface area contributed by atoms with Crippen molar-refractivity contribution in [3.63, 3.8) is 0 Å². The van der Waals surface area contributed by atoms with Gasteiger partial charge in [0.2, 0.25) is 5.88 Å². The van der Waals surface area contributed by atoms with Crippen molar-refractivity contribution >= 4 is 15.7 Å². The number of hydrogen-bond donors (Lipinski definition) is 1. The van der Waals surface area contributed by atoms with E-state index in [9.17, 15) is 26.4 Å². The summed E-state index contributed by atoms with van der Waals surface area (Å²) in [6.45, 7) is 3.75. The van der Waals surface area contributed by atoms with Gasteiger partial charge >= 0.3 is 6.18 Å². The number of aromatic nitrogens is 1. The Bertz CT molecular complexity index is 951. The van der Waals surface area contributed by atoms with Gasteiger partial charge in [-0.1, -0.05) is 6.92 Å². The van der Waals surface area contributed by atoms with E-state index in [2.05, 4.69) is 10.3 Å². The number of nitrogens with one attached hydrogen (secondary N) is 1. The molecule has 0 aromatic carbocycles. The molecule has 1 aromatic heterocycles. The minimum absolute atomic E-state index is 0.0209. The number of aryl methyl sites for hydroxylation is 1. The Hall–Kier alpha value is -1.84. The topological polar surface area (TPSA) is 85.4 Å². The van der Waals surface area contributed by atoms with E-state index >= 15 is 0 Å². The number of nitrogens with zero attached hydrogens (tertiary/aromatic N) is 1. The summed E-state index contributed by atoms with van der Waals surface area (Å²) < 4.78 is 69.3. The molecule has 2 fully saturated rings. The third-order valence-electron chi connectivity index (χ3n) is 6.93. The Morgan fingerprint density at radius 3 is 2.38 bits per heavy atom. The maximum absolute atomic E-state index is 13.0. The van der Waals surface area contributed by atoms with Gasteiger partial charge in [0.25, 0.3) is 5.91 Å². The smallest absolute Gasteiger partial charge is 0.433 e. The van der Waals surface area contributed by atoms with Gasteiger partial charge in [-0.15, -0.1) is 0 Å². The second-order valence-electron chi connectivity index (χ2n) is 9.21. The van der Waals surface area contributed by atoms with Gasteiger partial charge in [0.1, 0.15) is 11.3 Å². The lowest BCUT2D eigenvalue weighted by Crippen LogP contribution is -2.42. The molecule has 0 radical (unpaired) electrons. The Morgan fingerprint density at radius 2 is 1.88 bits per heavy atom. The third-order valence-corrected chi connectivity index (χ3v) is 9.36. The van der Waals surface area contributed by atoms with E-state index < -0.39 is 27.6 Å². The SMILES string of the molecule is CCC1(CNC(=O)c2c(C)cc(C(F)(F)F)nc2OC)CCC(S(=O)(=O)CC2CC2)CC1. The number of ether oxygens (including phenoxy) is 1. The molecule has 0 saturated heterocycles. The highest BCUT2D eigenvalue weighted by Crippen LogP contribution is 2.42. The Balaban J connectivity index is 1.67. The molecule has 0 bridgehead atoms. The number of methoxy groups -OCH3 is 1. The van der Waals surface area contributed by atoms with Gasteiger partial charge in [0, 0.05) is 6.54 Å². The molecule has 3 rings (SSSR count). The molecule has 2 aliphatic carbocycles. The predicted molar refractivity (Wildman–Crippen MR) is 114 cm³/mol. The zero-order valence-corrected chi connectivity index (χ0v) is 19.5. The molecule has 0 unspecified atom stereocenters. The van der Waals surface area contributed by atoms with Crippen LogP contribution in [0.5, 0.6) is 5.88 Å². The van der Waals surface area contributed by atoms with Crippen molar-refractivity contribution in [3.05, 3.63) is 22.9 Å². The highest BCUT2D eigenvalue weighted by molar-refractivity contribution is 7.92. The minimum Gasteiger partial charge on any atom is -0.480 e. The highest BCUT2D eigenvalue weighted by atomic mass is 32.2. The maximum atomic E-state index is 13.0. The van der Waals surface area contributed by atoms with E-state index in [-0.39, 0.29) is 33.4 Å². The molecule has 0 spiro atoms. The molecule has 2 saturated carbocycles. The van der Waals surface area contributed by atoms with E-state index in [0.717, 1.165) is 25.3 Å². The van der Waals surface area contributed by atoms with Crippen LogP contribution < -0.4 is 10.1 Å². The summed E-state index contributed by atoms with van der Waals surface area (Å²) in [5.74, 6) is -0.298. The van der Waals surface area contributed by atoms with Gasteiger partial charge in [-0.05, 0) is 74.8 Å². The molecule has 1 amide bonds. The fourth-order valence-corrected chi connectivity index (χ4v) is 6.75. The van der Waals surface area contributed by atoms with Gasteiger partial charge in [0.15, 0.2) is 9.84 Å². The van der Waals surface area contributed by atoms with E-state index in [0.29, 0.717) is 38.1 Å². The monoisotopic (exact) mass is 476 g/mol. The van der Waals surface area contributed by atoms with Gasteiger partial charge in [-0.2, -0.15) is 13.2 Å². The number of carbonyl (C=O) groups is 1. The predicted octanol–water partition coefficient (Wildman–Crippen LogP) is 4.31. The molecule has 32 heavy (non-hydrogen) atoms. The van der Waals surface area contributed by atoms with Crippen LogP contribution in [0.1, 0.15) is 73.5 Å². The Labute approximate surface area is 187 Å². The fourth-order valence-electron chi connectivity index (χ4n) is 4.54. The number of halogens is 3. The van der Waals surface area contributed by atoms with E-state index in [1.165, 1.54) is 14.0 Å². The van der Waals surface area contributed by atoms with Gasteiger partial charge in [-0.25, -0.2) is 13.4 Å². The summed E-state index contributed by atoms with van der Waals surface area (Å²) in [5, 5.41) is 2.52. The molecule has 1 N–H and O–H groups in total. The third kappa shape index (κ3) is 5.55. The van der Waals surface area contributed by atoms with Crippen LogP contribution in [0.2, 0.25) is 0 Å². The molecule has 10 heteroatoms. The first-order valence-electron chi connectivity index (χ1n) is 11.0. The number of amides is 1. The van der Waals surface area contributed by atoms with Crippen molar-refractivity contribution in [2.75, 3.05) is 19.4 Å². The average molecular weight is 477 g/mol. The lowest BCUT2D eigenvalue weighted by Gasteiger charge is -2.39. The number of alkyl halides is 3. The van der Waals surface area contributed by atoms with Crippen molar-refractivity contribution in [2.24, 2.45) is 11.3 Å². The van der Waals surface area contributed by atoms with Crippen LogP contribution in [0, 0.1) is 18.3 Å². The number of sulfone groups is 1. The molecular weight excluding hydrogens is 445 g/mol. The van der Waals surface area contributed by atoms with Crippen molar-refractivity contribution in [3.8, 4) is 5.88 Å². The number of carbonyl (C=O) groups excluding carboxylic acids is 1. The molecule has 1 heterocycles. The lowest BCUT2D eigenvalue weighted by atomic mass is 9.72. The van der Waals surface area contributed by atoms with Crippen molar-refractivity contribution < 1.29 is 31.1 Å². The van der Waals surface area contributed by atoms with Crippen LogP contribution in [-0.4, -0.2) is 44.0 Å². The van der Waals surface area contributed by atoms with E-state index in [4.69, 9.17) is 4.74 Å². The normalized spacial score (nSPS) is 24.2. The first kappa shape index (κ1) is 24.8. The number of pyridine rings is 1. The molecule has 1 aromatic rings. The Kier molecular flexibility index (Phi) is 7.12. The van der Waals surface area contributed by atoms with Crippen LogP contribution >= 0.6 is 0 Å². The molecular formula is C22H31F3N2O4S. The second kappa shape index (κ2) is 9.19. The van der Waals surface area contributed by atoms with Crippen LogP contribution in [0.25, 0.3) is 0 Å². The summed E-state index contributed by atoms with van der Waals surface area (Å²) in [5.41, 5.74) is -1.24. The summed E-state index contributed by atoms with van der Waals surface area (Å²) in [4.78, 5) is 16.3. The largest absolute Gasteiger partial charge is 0.480 e. The summed E-state index contributed by atoms with van der Waals surface area (Å²) in [6.07, 6.45) is 0.629. The minimum atomic E-state index is -4.64. The van der Waals surface area contributed by atoms with Crippen LogP contribution in [0.3, 0.4) is 0 Å². The quantitative estimate of drug-likeness (QED) is 0.604. The molecule has 0 atom stereocenters. The summed E-state index contributed by atoms with van der Waals surface area (Å²) in [7, 11) is -1.91.